The van der Waals surface area contributed by atoms with Crippen LogP contribution in [-0.2, 0) is 24.4 Å². The molecule has 1 saturated heterocycles. The van der Waals surface area contributed by atoms with Crippen LogP contribution in [0.3, 0.4) is 0 Å². The molecular formula is C28H30ClFN6O4. The standard InChI is InChI=1S/C28H30ClFN6O4/c1-18-15-34(16-26-32-23-6-4-19(27(37)38)13-24(23)36(26)11-12-39-2)9-10-35(18)25-7-8-31-28(33-25)40-17-20-3-5-21(29)14-22(20)30/h3-8,13-14,18H,9-12,15-17H2,1-2H3,(H,37,38)/t18-/m1/s1. The molecule has 0 bridgehead atoms. The first kappa shape index (κ1) is 27.8. The number of nitrogens with zero attached hydrogens (tertiary/aromatic N) is 6. The van der Waals surface area contributed by atoms with Crippen LogP contribution in [-0.4, -0.2) is 74.9 Å². The number of carbonyl (C=O) groups is 1. The molecule has 0 saturated carbocycles. The summed E-state index contributed by atoms with van der Waals surface area (Å²) in [6.45, 7) is 6.07. The van der Waals surface area contributed by atoms with Crippen molar-refractivity contribution in [1.29, 1.82) is 0 Å². The summed E-state index contributed by atoms with van der Waals surface area (Å²) in [6, 6.07) is 11.6. The molecule has 5 rings (SSSR count). The Morgan fingerprint density at radius 2 is 2.02 bits per heavy atom. The third-order valence-corrected chi connectivity index (χ3v) is 7.19. The molecule has 1 fully saturated rings. The van der Waals surface area contributed by atoms with Gasteiger partial charge in [-0.15, -0.1) is 0 Å². The second-order valence-corrected chi connectivity index (χ2v) is 10.1. The Bertz CT molecular complexity index is 1520. The third-order valence-electron chi connectivity index (χ3n) is 6.95. The Morgan fingerprint density at radius 3 is 2.77 bits per heavy atom. The largest absolute Gasteiger partial charge is 0.478 e. The molecule has 12 heteroatoms. The summed E-state index contributed by atoms with van der Waals surface area (Å²) < 4.78 is 27.1. The van der Waals surface area contributed by atoms with Crippen molar-refractivity contribution in [2.24, 2.45) is 0 Å². The number of anilines is 1. The summed E-state index contributed by atoms with van der Waals surface area (Å²) in [6.07, 6.45) is 1.64. The van der Waals surface area contributed by atoms with Crippen molar-refractivity contribution in [3.63, 3.8) is 0 Å². The summed E-state index contributed by atoms with van der Waals surface area (Å²) in [5, 5.41) is 9.77. The zero-order valence-electron chi connectivity index (χ0n) is 22.3. The number of hydrogen-bond donors (Lipinski definition) is 1. The van der Waals surface area contributed by atoms with E-state index in [2.05, 4.69) is 26.7 Å². The molecule has 40 heavy (non-hydrogen) atoms. The van der Waals surface area contributed by atoms with E-state index in [0.717, 1.165) is 42.3 Å². The first-order valence-electron chi connectivity index (χ1n) is 12.9. The van der Waals surface area contributed by atoms with Crippen LogP contribution < -0.4 is 9.64 Å². The van der Waals surface area contributed by atoms with Crippen molar-refractivity contribution in [2.45, 2.75) is 32.7 Å². The van der Waals surface area contributed by atoms with Crippen LogP contribution in [0.25, 0.3) is 11.0 Å². The molecule has 0 aliphatic carbocycles. The van der Waals surface area contributed by atoms with Crippen molar-refractivity contribution < 1.29 is 23.8 Å². The number of halogens is 2. The third kappa shape index (κ3) is 6.16. The molecule has 4 aromatic rings. The predicted molar refractivity (Wildman–Crippen MR) is 148 cm³/mol. The van der Waals surface area contributed by atoms with Gasteiger partial charge in [0.2, 0.25) is 0 Å². The molecule has 0 radical (unpaired) electrons. The molecule has 2 aromatic carbocycles. The number of ether oxygens (including phenoxy) is 2. The number of carboxylic acid groups (broad SMARTS) is 1. The molecule has 1 aliphatic heterocycles. The Balaban J connectivity index is 1.26. The maximum atomic E-state index is 14.1. The van der Waals surface area contributed by atoms with E-state index in [-0.39, 0.29) is 24.2 Å². The Labute approximate surface area is 235 Å². The SMILES string of the molecule is COCCn1c(CN2CCN(c3ccnc(OCc4ccc(Cl)cc4F)n3)[C@H](C)C2)nc2ccc(C(=O)O)cc21. The molecule has 0 spiro atoms. The van der Waals surface area contributed by atoms with Crippen LogP contribution in [0.5, 0.6) is 6.01 Å². The van der Waals surface area contributed by atoms with Crippen LogP contribution in [0, 0.1) is 5.82 Å². The summed E-state index contributed by atoms with van der Waals surface area (Å²) >= 11 is 5.83. The molecule has 0 unspecified atom stereocenters. The fraction of sp³-hybridized carbons (Fsp3) is 0.357. The number of aromatic nitrogens is 4. The molecule has 1 N–H and O–H groups in total. The number of carboxylic acids is 1. The van der Waals surface area contributed by atoms with E-state index in [1.807, 2.05) is 10.6 Å². The first-order valence-corrected chi connectivity index (χ1v) is 13.3. The van der Waals surface area contributed by atoms with E-state index < -0.39 is 11.8 Å². The first-order chi connectivity index (χ1) is 19.3. The van der Waals surface area contributed by atoms with Crippen molar-refractivity contribution in [2.75, 3.05) is 38.3 Å². The van der Waals surface area contributed by atoms with Gasteiger partial charge in [-0.25, -0.2) is 19.2 Å². The lowest BCUT2D eigenvalue weighted by Crippen LogP contribution is -2.52. The van der Waals surface area contributed by atoms with E-state index in [1.165, 1.54) is 6.07 Å². The second kappa shape index (κ2) is 12.2. The minimum Gasteiger partial charge on any atom is -0.478 e. The summed E-state index contributed by atoms with van der Waals surface area (Å²) in [4.78, 5) is 29.6. The fourth-order valence-electron chi connectivity index (χ4n) is 4.92. The summed E-state index contributed by atoms with van der Waals surface area (Å²) in [7, 11) is 1.64. The minimum absolute atomic E-state index is 0.00613. The van der Waals surface area contributed by atoms with E-state index in [4.69, 9.17) is 26.1 Å². The van der Waals surface area contributed by atoms with Gasteiger partial charge in [-0.3, -0.25) is 4.90 Å². The molecular weight excluding hydrogens is 539 g/mol. The zero-order valence-corrected chi connectivity index (χ0v) is 23.0. The predicted octanol–water partition coefficient (Wildman–Crippen LogP) is 4.25. The molecule has 10 nitrogen and oxygen atoms in total. The lowest BCUT2D eigenvalue weighted by atomic mass is 10.2. The quantitative estimate of drug-likeness (QED) is 0.300. The van der Waals surface area contributed by atoms with Gasteiger partial charge in [0.1, 0.15) is 24.1 Å². The van der Waals surface area contributed by atoms with Crippen LogP contribution in [0.2, 0.25) is 5.02 Å². The molecule has 2 aromatic heterocycles. The molecule has 3 heterocycles. The summed E-state index contributed by atoms with van der Waals surface area (Å²) in [5.41, 5.74) is 2.14. The maximum absolute atomic E-state index is 14.1. The monoisotopic (exact) mass is 568 g/mol. The van der Waals surface area contributed by atoms with Crippen molar-refractivity contribution >= 4 is 34.4 Å². The second-order valence-electron chi connectivity index (χ2n) is 9.68. The molecule has 210 valence electrons. The van der Waals surface area contributed by atoms with Crippen molar-refractivity contribution in [3.05, 3.63) is 76.5 Å². The number of fused-ring (bicyclic) bond motifs is 1. The van der Waals surface area contributed by atoms with Crippen LogP contribution >= 0.6 is 11.6 Å². The number of imidazole rings is 1. The highest BCUT2D eigenvalue weighted by Gasteiger charge is 2.27. The van der Waals surface area contributed by atoms with Gasteiger partial charge < -0.3 is 24.0 Å². The highest BCUT2D eigenvalue weighted by atomic mass is 35.5. The average Bonchev–Trinajstić information content (AvgIpc) is 3.27. The maximum Gasteiger partial charge on any atom is 0.335 e. The highest BCUT2D eigenvalue weighted by Crippen LogP contribution is 2.24. The van der Waals surface area contributed by atoms with E-state index >= 15 is 0 Å². The van der Waals surface area contributed by atoms with Crippen molar-refractivity contribution in [3.8, 4) is 6.01 Å². The number of hydrogen-bond acceptors (Lipinski definition) is 8. The van der Waals surface area contributed by atoms with Gasteiger partial charge in [0.25, 0.3) is 0 Å². The molecule has 1 atom stereocenters. The van der Waals surface area contributed by atoms with Gasteiger partial charge in [0.05, 0.1) is 29.7 Å². The number of rotatable bonds is 10. The van der Waals surface area contributed by atoms with Crippen molar-refractivity contribution in [1.82, 2.24) is 24.4 Å². The fourth-order valence-corrected chi connectivity index (χ4v) is 5.08. The van der Waals surface area contributed by atoms with Crippen LogP contribution in [0.15, 0.2) is 48.7 Å². The summed E-state index contributed by atoms with van der Waals surface area (Å²) in [5.74, 6) is 0.194. The Morgan fingerprint density at radius 1 is 1.18 bits per heavy atom. The normalized spacial score (nSPS) is 16.0. The number of methoxy groups -OCH3 is 1. The van der Waals surface area contributed by atoms with E-state index in [9.17, 15) is 14.3 Å². The number of aromatic carboxylic acids is 1. The lowest BCUT2D eigenvalue weighted by molar-refractivity contribution is 0.0697. The number of benzene rings is 2. The van der Waals surface area contributed by atoms with E-state index in [1.54, 1.807) is 43.6 Å². The van der Waals surface area contributed by atoms with Gasteiger partial charge in [0, 0.05) is 56.1 Å². The van der Waals surface area contributed by atoms with Gasteiger partial charge in [-0.2, -0.15) is 4.98 Å². The molecule has 0 amide bonds. The Hall–Kier alpha value is -3.80. The van der Waals surface area contributed by atoms with Gasteiger partial charge in [0.15, 0.2) is 0 Å². The Kier molecular flexibility index (Phi) is 8.43. The van der Waals surface area contributed by atoms with Gasteiger partial charge >= 0.3 is 12.0 Å². The van der Waals surface area contributed by atoms with Gasteiger partial charge in [-0.05, 0) is 43.3 Å². The average molecular weight is 569 g/mol. The minimum atomic E-state index is -0.969. The van der Waals surface area contributed by atoms with Crippen LogP contribution in [0.1, 0.15) is 28.7 Å². The molecule has 1 aliphatic rings. The lowest BCUT2D eigenvalue weighted by Gasteiger charge is -2.40. The number of piperazine rings is 1. The topological polar surface area (TPSA) is 106 Å². The van der Waals surface area contributed by atoms with E-state index in [0.29, 0.717) is 30.3 Å². The van der Waals surface area contributed by atoms with Gasteiger partial charge in [-0.1, -0.05) is 17.7 Å². The zero-order chi connectivity index (χ0) is 28.2. The smallest absolute Gasteiger partial charge is 0.335 e. The van der Waals surface area contributed by atoms with Crippen LogP contribution in [0.4, 0.5) is 10.2 Å². The highest BCUT2D eigenvalue weighted by molar-refractivity contribution is 6.30.